The lowest BCUT2D eigenvalue weighted by atomic mass is 10.1. The van der Waals surface area contributed by atoms with Gasteiger partial charge in [-0.05, 0) is 60.7 Å². The normalized spacial score (nSPS) is 10.6. The monoisotopic (exact) mass is 466 g/mol. The van der Waals surface area contributed by atoms with Gasteiger partial charge in [0.15, 0.2) is 17.3 Å². The minimum Gasteiger partial charge on any atom is -0.493 e. The summed E-state index contributed by atoms with van der Waals surface area (Å²) in [6.07, 6.45) is 3.08. The number of carbonyl (C=O) groups excluding carboxylic acids is 2. The van der Waals surface area contributed by atoms with Gasteiger partial charge in [-0.2, -0.15) is 0 Å². The molecule has 0 N–H and O–H groups in total. The Balaban J connectivity index is 1.79. The predicted molar refractivity (Wildman–Crippen MR) is 118 cm³/mol. The van der Waals surface area contributed by atoms with E-state index in [1.807, 2.05) is 0 Å². The molecule has 152 valence electrons. The molecular formula is C24H19BrO5. The Labute approximate surface area is 183 Å². The molecule has 0 unspecified atom stereocenters. The highest BCUT2D eigenvalue weighted by Gasteiger charge is 2.14. The molecule has 3 rings (SSSR count). The van der Waals surface area contributed by atoms with E-state index in [9.17, 15) is 9.59 Å². The first kappa shape index (κ1) is 21.3. The molecule has 0 saturated heterocycles. The van der Waals surface area contributed by atoms with E-state index in [4.69, 9.17) is 14.2 Å². The summed E-state index contributed by atoms with van der Waals surface area (Å²) in [7, 11) is 3.02. The highest BCUT2D eigenvalue weighted by atomic mass is 79.9. The summed E-state index contributed by atoms with van der Waals surface area (Å²) < 4.78 is 16.9. The summed E-state index contributed by atoms with van der Waals surface area (Å²) >= 11 is 3.35. The van der Waals surface area contributed by atoms with Crippen molar-refractivity contribution in [2.24, 2.45) is 0 Å². The molecular weight excluding hydrogens is 448 g/mol. The Bertz CT molecular complexity index is 1090. The van der Waals surface area contributed by atoms with Gasteiger partial charge in [0.05, 0.1) is 19.8 Å². The van der Waals surface area contributed by atoms with E-state index in [-0.39, 0.29) is 5.78 Å². The number of benzene rings is 3. The molecule has 5 nitrogen and oxygen atoms in total. The van der Waals surface area contributed by atoms with E-state index >= 15 is 0 Å². The van der Waals surface area contributed by atoms with Crippen molar-refractivity contribution in [3.05, 3.63) is 94.0 Å². The van der Waals surface area contributed by atoms with Crippen LogP contribution in [0.3, 0.4) is 0 Å². The largest absolute Gasteiger partial charge is 0.493 e. The summed E-state index contributed by atoms with van der Waals surface area (Å²) in [4.78, 5) is 25.0. The van der Waals surface area contributed by atoms with Gasteiger partial charge in [-0.1, -0.05) is 34.1 Å². The number of halogens is 1. The lowest BCUT2D eigenvalue weighted by Crippen LogP contribution is -2.09. The van der Waals surface area contributed by atoms with Crippen LogP contribution in [0, 0.1) is 0 Å². The number of hydrogen-bond donors (Lipinski definition) is 0. The summed E-state index contributed by atoms with van der Waals surface area (Å²) in [5.41, 5.74) is 1.49. The van der Waals surface area contributed by atoms with Gasteiger partial charge in [0.2, 0.25) is 0 Å². The van der Waals surface area contributed by atoms with Crippen molar-refractivity contribution in [3.8, 4) is 17.2 Å². The second-order valence-corrected chi connectivity index (χ2v) is 7.12. The molecule has 0 bridgehead atoms. The molecule has 0 aliphatic carbocycles. The van der Waals surface area contributed by atoms with Crippen molar-refractivity contribution in [2.75, 3.05) is 14.2 Å². The SMILES string of the molecule is COc1ccc(C(=O)Oc2ccccc2/C=C/C(=O)c2ccc(Br)cc2)cc1OC. The molecule has 0 heterocycles. The van der Waals surface area contributed by atoms with E-state index < -0.39 is 5.97 Å². The zero-order valence-electron chi connectivity index (χ0n) is 16.4. The van der Waals surface area contributed by atoms with Crippen LogP contribution in [0.2, 0.25) is 0 Å². The van der Waals surface area contributed by atoms with Gasteiger partial charge < -0.3 is 14.2 Å². The number of ketones is 1. The molecule has 30 heavy (non-hydrogen) atoms. The molecule has 3 aromatic carbocycles. The summed E-state index contributed by atoms with van der Waals surface area (Å²) in [6, 6.07) is 18.9. The highest BCUT2D eigenvalue weighted by molar-refractivity contribution is 9.10. The van der Waals surface area contributed by atoms with Crippen molar-refractivity contribution in [2.45, 2.75) is 0 Å². The average Bonchev–Trinajstić information content (AvgIpc) is 2.78. The molecule has 0 fully saturated rings. The number of para-hydroxylation sites is 1. The van der Waals surface area contributed by atoms with Gasteiger partial charge in [-0.25, -0.2) is 4.79 Å². The molecule has 0 aliphatic rings. The summed E-state index contributed by atoms with van der Waals surface area (Å²) in [6.45, 7) is 0. The van der Waals surface area contributed by atoms with Crippen LogP contribution < -0.4 is 14.2 Å². The van der Waals surface area contributed by atoms with Crippen molar-refractivity contribution >= 4 is 33.8 Å². The summed E-state index contributed by atoms with van der Waals surface area (Å²) in [5.74, 6) is 0.598. The Hall–Kier alpha value is -3.38. The average molecular weight is 467 g/mol. The van der Waals surface area contributed by atoms with Crippen molar-refractivity contribution in [1.82, 2.24) is 0 Å². The molecule has 6 heteroatoms. The minimum absolute atomic E-state index is 0.150. The van der Waals surface area contributed by atoms with Crippen LogP contribution in [0.25, 0.3) is 6.08 Å². The number of rotatable bonds is 7. The molecule has 3 aromatic rings. The molecule has 0 amide bonds. The number of allylic oxidation sites excluding steroid dienone is 1. The van der Waals surface area contributed by atoms with Crippen molar-refractivity contribution < 1.29 is 23.8 Å². The van der Waals surface area contributed by atoms with Crippen LogP contribution in [0.15, 0.2) is 77.3 Å². The molecule has 0 spiro atoms. The van der Waals surface area contributed by atoms with E-state index in [2.05, 4.69) is 15.9 Å². The smallest absolute Gasteiger partial charge is 0.343 e. The Morgan fingerprint density at radius 1 is 0.800 bits per heavy atom. The number of methoxy groups -OCH3 is 2. The van der Waals surface area contributed by atoms with Crippen LogP contribution in [-0.2, 0) is 0 Å². The number of hydrogen-bond acceptors (Lipinski definition) is 5. The quantitative estimate of drug-likeness (QED) is 0.197. The van der Waals surface area contributed by atoms with E-state index in [0.717, 1.165) is 4.47 Å². The van der Waals surface area contributed by atoms with Crippen LogP contribution >= 0.6 is 15.9 Å². The Morgan fingerprint density at radius 3 is 2.17 bits per heavy atom. The molecule has 0 aromatic heterocycles. The third-order valence-electron chi connectivity index (χ3n) is 4.28. The van der Waals surface area contributed by atoms with E-state index in [1.165, 1.54) is 20.3 Å². The first-order chi connectivity index (χ1) is 14.5. The van der Waals surface area contributed by atoms with Crippen LogP contribution in [0.5, 0.6) is 17.2 Å². The van der Waals surface area contributed by atoms with Crippen LogP contribution in [0.4, 0.5) is 0 Å². The minimum atomic E-state index is -0.545. The number of esters is 1. The molecule has 0 radical (unpaired) electrons. The fourth-order valence-electron chi connectivity index (χ4n) is 2.71. The van der Waals surface area contributed by atoms with Gasteiger partial charge in [0.1, 0.15) is 5.75 Å². The highest BCUT2D eigenvalue weighted by Crippen LogP contribution is 2.28. The fraction of sp³-hybridized carbons (Fsp3) is 0.0833. The second kappa shape index (κ2) is 9.89. The Morgan fingerprint density at radius 2 is 1.47 bits per heavy atom. The zero-order chi connectivity index (χ0) is 21.5. The first-order valence-corrected chi connectivity index (χ1v) is 9.82. The zero-order valence-corrected chi connectivity index (χ0v) is 18.0. The standard InChI is InChI=1S/C24H19BrO5/c1-28-22-14-10-18(15-23(22)29-2)24(27)30-21-6-4-3-5-17(21)9-13-20(26)16-7-11-19(25)12-8-16/h3-15H,1-2H3/b13-9+. The van der Waals surface area contributed by atoms with Gasteiger partial charge in [-0.15, -0.1) is 0 Å². The van der Waals surface area contributed by atoms with Crippen molar-refractivity contribution in [3.63, 3.8) is 0 Å². The van der Waals surface area contributed by atoms with Gasteiger partial charge in [-0.3, -0.25) is 4.79 Å². The third-order valence-corrected chi connectivity index (χ3v) is 4.81. The third kappa shape index (κ3) is 5.15. The van der Waals surface area contributed by atoms with Crippen LogP contribution in [-0.4, -0.2) is 26.0 Å². The van der Waals surface area contributed by atoms with Crippen LogP contribution in [0.1, 0.15) is 26.3 Å². The predicted octanol–water partition coefficient (Wildman–Crippen LogP) is 5.58. The molecule has 0 atom stereocenters. The van der Waals surface area contributed by atoms with Crippen molar-refractivity contribution in [1.29, 1.82) is 0 Å². The maximum atomic E-state index is 12.6. The maximum absolute atomic E-state index is 12.6. The fourth-order valence-corrected chi connectivity index (χ4v) is 2.97. The van der Waals surface area contributed by atoms with E-state index in [1.54, 1.807) is 72.8 Å². The van der Waals surface area contributed by atoms with Gasteiger partial charge in [0, 0.05) is 15.6 Å². The maximum Gasteiger partial charge on any atom is 0.343 e. The summed E-state index contributed by atoms with van der Waals surface area (Å²) in [5, 5.41) is 0. The number of ether oxygens (including phenoxy) is 3. The lowest BCUT2D eigenvalue weighted by molar-refractivity contribution is 0.0733. The molecule has 0 saturated carbocycles. The second-order valence-electron chi connectivity index (χ2n) is 6.20. The topological polar surface area (TPSA) is 61.8 Å². The lowest BCUT2D eigenvalue weighted by Gasteiger charge is -2.10. The Kier molecular flexibility index (Phi) is 7.03. The van der Waals surface area contributed by atoms with Gasteiger partial charge >= 0.3 is 5.97 Å². The number of carbonyl (C=O) groups is 2. The van der Waals surface area contributed by atoms with Gasteiger partial charge in [0.25, 0.3) is 0 Å². The first-order valence-electron chi connectivity index (χ1n) is 9.03. The van der Waals surface area contributed by atoms with E-state index in [0.29, 0.717) is 33.9 Å². The molecule has 0 aliphatic heterocycles.